The quantitative estimate of drug-likeness (QED) is 0.894. The zero-order valence-electron chi connectivity index (χ0n) is 10.3. The third-order valence-corrected chi connectivity index (χ3v) is 2.91. The molecule has 0 radical (unpaired) electrons. The van der Waals surface area contributed by atoms with Crippen LogP contribution in [-0.4, -0.2) is 11.1 Å². The molecular weight excluding hydrogens is 244 g/mol. The molecule has 19 heavy (non-hydrogen) atoms. The molecule has 0 aliphatic carbocycles. The summed E-state index contributed by atoms with van der Waals surface area (Å²) >= 11 is 0. The van der Waals surface area contributed by atoms with Crippen molar-refractivity contribution in [1.82, 2.24) is 0 Å². The molecule has 0 atom stereocenters. The molecule has 1 N–H and O–H groups in total. The summed E-state index contributed by atoms with van der Waals surface area (Å²) < 4.78 is 4.90. The number of hydrogen-bond acceptors (Lipinski definition) is 3. The van der Waals surface area contributed by atoms with Crippen molar-refractivity contribution in [3.63, 3.8) is 0 Å². The molecule has 0 bridgehead atoms. The average molecular weight is 258 g/mol. The summed E-state index contributed by atoms with van der Waals surface area (Å²) in [5, 5.41) is 8.97. The van der Waals surface area contributed by atoms with Crippen LogP contribution in [0.15, 0.2) is 51.9 Å². The van der Waals surface area contributed by atoms with Crippen LogP contribution in [0.2, 0.25) is 0 Å². The molecule has 2 aromatic rings. The molecule has 98 valence electrons. The number of hydrogen-bond donors (Lipinski definition) is 1. The fourth-order valence-corrected chi connectivity index (χ4v) is 1.98. The first kappa shape index (κ1) is 13.1. The summed E-state index contributed by atoms with van der Waals surface area (Å²) in [5.74, 6) is -1.45. The minimum Gasteiger partial charge on any atom is -0.475 e. The predicted octanol–water partition coefficient (Wildman–Crippen LogP) is 2.51. The van der Waals surface area contributed by atoms with Crippen LogP contribution in [0.5, 0.6) is 0 Å². The highest BCUT2D eigenvalue weighted by atomic mass is 16.4. The number of carboxylic acid groups (broad SMARTS) is 1. The van der Waals surface area contributed by atoms with Gasteiger partial charge >= 0.3 is 5.97 Å². The Morgan fingerprint density at radius 3 is 2.53 bits per heavy atom. The summed E-state index contributed by atoms with van der Waals surface area (Å²) in [5.41, 5.74) is 1.13. The molecule has 0 spiro atoms. The van der Waals surface area contributed by atoms with Crippen molar-refractivity contribution in [2.24, 2.45) is 0 Å². The Labute approximate surface area is 110 Å². The Balaban J connectivity index is 2.08. The molecule has 4 heteroatoms. The van der Waals surface area contributed by atoms with Gasteiger partial charge in [-0.15, -0.1) is 0 Å². The van der Waals surface area contributed by atoms with E-state index in [9.17, 15) is 9.59 Å². The van der Waals surface area contributed by atoms with Crippen molar-refractivity contribution in [1.29, 1.82) is 0 Å². The van der Waals surface area contributed by atoms with E-state index in [-0.39, 0.29) is 16.8 Å². The van der Waals surface area contributed by atoms with Crippen molar-refractivity contribution in [2.75, 3.05) is 0 Å². The Hall–Kier alpha value is -2.36. The second kappa shape index (κ2) is 6.00. The van der Waals surface area contributed by atoms with Gasteiger partial charge in [0.05, 0.1) is 6.26 Å². The largest absolute Gasteiger partial charge is 0.475 e. The van der Waals surface area contributed by atoms with Crippen LogP contribution in [0.3, 0.4) is 0 Å². The lowest BCUT2D eigenvalue weighted by atomic mass is 10.0. The van der Waals surface area contributed by atoms with Gasteiger partial charge in [0, 0.05) is 11.6 Å². The summed E-state index contributed by atoms with van der Waals surface area (Å²) in [6.45, 7) is 0. The number of rotatable bonds is 5. The number of aromatic carboxylic acids is 1. The minimum atomic E-state index is -1.20. The monoisotopic (exact) mass is 258 g/mol. The van der Waals surface area contributed by atoms with Gasteiger partial charge < -0.3 is 9.52 Å². The van der Waals surface area contributed by atoms with Gasteiger partial charge in [-0.05, 0) is 24.8 Å². The highest BCUT2D eigenvalue weighted by Gasteiger charge is 2.15. The van der Waals surface area contributed by atoms with Gasteiger partial charge in [-0.25, -0.2) is 4.79 Å². The third-order valence-electron chi connectivity index (χ3n) is 2.91. The molecule has 0 saturated heterocycles. The highest BCUT2D eigenvalue weighted by molar-refractivity contribution is 5.85. The van der Waals surface area contributed by atoms with Crippen LogP contribution < -0.4 is 5.43 Å². The van der Waals surface area contributed by atoms with Gasteiger partial charge in [-0.2, -0.15) is 0 Å². The molecule has 0 fully saturated rings. The lowest BCUT2D eigenvalue weighted by Crippen LogP contribution is -2.14. The Kier molecular flexibility index (Phi) is 4.13. The molecule has 0 unspecified atom stereocenters. The first-order chi connectivity index (χ1) is 9.18. The lowest BCUT2D eigenvalue weighted by Gasteiger charge is -2.04. The molecule has 4 nitrogen and oxygen atoms in total. The Morgan fingerprint density at radius 1 is 1.11 bits per heavy atom. The zero-order chi connectivity index (χ0) is 13.7. The van der Waals surface area contributed by atoms with Crippen LogP contribution in [-0.2, 0) is 12.8 Å². The summed E-state index contributed by atoms with van der Waals surface area (Å²) in [6, 6.07) is 11.1. The van der Waals surface area contributed by atoms with E-state index in [0.29, 0.717) is 12.8 Å². The second-order valence-electron chi connectivity index (χ2n) is 4.24. The van der Waals surface area contributed by atoms with Gasteiger partial charge in [0.25, 0.3) is 0 Å². The van der Waals surface area contributed by atoms with Crippen LogP contribution in [0, 0.1) is 0 Å². The predicted molar refractivity (Wildman–Crippen MR) is 70.4 cm³/mol. The van der Waals surface area contributed by atoms with Gasteiger partial charge in [-0.1, -0.05) is 30.3 Å². The molecule has 1 aromatic carbocycles. The van der Waals surface area contributed by atoms with E-state index in [1.165, 1.54) is 11.6 Å². The normalized spacial score (nSPS) is 10.3. The maximum absolute atomic E-state index is 11.7. The van der Waals surface area contributed by atoms with Gasteiger partial charge in [-0.3, -0.25) is 4.79 Å². The van der Waals surface area contributed by atoms with E-state index in [1.807, 2.05) is 30.3 Å². The van der Waals surface area contributed by atoms with Crippen LogP contribution in [0.4, 0.5) is 0 Å². The second-order valence-corrected chi connectivity index (χ2v) is 4.24. The Bertz CT molecular complexity index is 614. The van der Waals surface area contributed by atoms with E-state index in [4.69, 9.17) is 9.52 Å². The SMILES string of the molecule is O=C(O)c1occc(=O)c1CCCc1ccccc1. The summed E-state index contributed by atoms with van der Waals surface area (Å²) in [6.07, 6.45) is 3.03. The molecule has 2 rings (SSSR count). The molecule has 1 aromatic heterocycles. The first-order valence-electron chi connectivity index (χ1n) is 6.06. The fourth-order valence-electron chi connectivity index (χ4n) is 1.98. The van der Waals surface area contributed by atoms with Crippen molar-refractivity contribution < 1.29 is 14.3 Å². The van der Waals surface area contributed by atoms with Gasteiger partial charge in [0.15, 0.2) is 5.43 Å². The molecule has 1 heterocycles. The topological polar surface area (TPSA) is 67.5 Å². The molecule has 0 saturated carbocycles. The van der Waals surface area contributed by atoms with E-state index in [0.717, 1.165) is 12.7 Å². The van der Waals surface area contributed by atoms with Crippen LogP contribution in [0.1, 0.15) is 28.1 Å². The summed E-state index contributed by atoms with van der Waals surface area (Å²) in [4.78, 5) is 22.6. The lowest BCUT2D eigenvalue weighted by molar-refractivity contribution is 0.0657. The van der Waals surface area contributed by atoms with Crippen molar-refractivity contribution >= 4 is 5.97 Å². The van der Waals surface area contributed by atoms with Gasteiger partial charge in [0.2, 0.25) is 5.76 Å². The van der Waals surface area contributed by atoms with Crippen molar-refractivity contribution in [3.8, 4) is 0 Å². The van der Waals surface area contributed by atoms with E-state index in [2.05, 4.69) is 0 Å². The molecule has 0 amide bonds. The van der Waals surface area contributed by atoms with E-state index in [1.54, 1.807) is 0 Å². The highest BCUT2D eigenvalue weighted by Crippen LogP contribution is 2.10. The smallest absolute Gasteiger partial charge is 0.372 e. The number of aryl methyl sites for hydroxylation is 1. The van der Waals surface area contributed by atoms with Crippen LogP contribution >= 0.6 is 0 Å². The fraction of sp³-hybridized carbons (Fsp3) is 0.200. The first-order valence-corrected chi connectivity index (χ1v) is 6.06. The maximum atomic E-state index is 11.7. The molecule has 0 aliphatic heterocycles. The third kappa shape index (κ3) is 3.31. The number of benzene rings is 1. The average Bonchev–Trinajstić information content (AvgIpc) is 2.41. The van der Waals surface area contributed by atoms with Crippen molar-refractivity contribution in [3.05, 3.63) is 69.8 Å². The Morgan fingerprint density at radius 2 is 1.84 bits per heavy atom. The number of carbonyl (C=O) groups is 1. The van der Waals surface area contributed by atoms with E-state index >= 15 is 0 Å². The maximum Gasteiger partial charge on any atom is 0.372 e. The van der Waals surface area contributed by atoms with Crippen LogP contribution in [0.25, 0.3) is 0 Å². The zero-order valence-corrected chi connectivity index (χ0v) is 10.3. The van der Waals surface area contributed by atoms with E-state index < -0.39 is 5.97 Å². The molecule has 0 aliphatic rings. The summed E-state index contributed by atoms with van der Waals surface area (Å²) in [7, 11) is 0. The van der Waals surface area contributed by atoms with Crippen molar-refractivity contribution in [2.45, 2.75) is 19.3 Å². The standard InChI is InChI=1S/C15H14O4/c16-13-9-10-19-14(15(17)18)12(13)8-4-7-11-5-2-1-3-6-11/h1-3,5-6,9-10H,4,7-8H2,(H,17,18). The number of carboxylic acids is 1. The molecular formula is C15H14O4. The minimum absolute atomic E-state index is 0.242. The van der Waals surface area contributed by atoms with Gasteiger partial charge in [0.1, 0.15) is 0 Å².